The molecule has 2 amide bonds. The van der Waals surface area contributed by atoms with Gasteiger partial charge in [0, 0.05) is 40.1 Å². The van der Waals surface area contributed by atoms with E-state index in [1.165, 1.54) is 33.4 Å². The Morgan fingerprint density at radius 2 is 1.94 bits per heavy atom. The van der Waals surface area contributed by atoms with Crippen LogP contribution in [-0.4, -0.2) is 60.1 Å². The molecule has 0 spiro atoms. The summed E-state index contributed by atoms with van der Waals surface area (Å²) in [7, 11) is -3.83. The zero-order chi connectivity index (χ0) is 24.4. The van der Waals surface area contributed by atoms with Crippen molar-refractivity contribution < 1.29 is 18.0 Å². The van der Waals surface area contributed by atoms with Gasteiger partial charge in [0.15, 0.2) is 5.13 Å². The molecule has 0 bridgehead atoms. The highest BCUT2D eigenvalue weighted by Gasteiger charge is 2.39. The highest BCUT2D eigenvalue weighted by Crippen LogP contribution is 2.33. The molecule has 3 heterocycles. The van der Waals surface area contributed by atoms with E-state index < -0.39 is 16.1 Å². The lowest BCUT2D eigenvalue weighted by atomic mass is 9.84. The van der Waals surface area contributed by atoms with Crippen molar-refractivity contribution in [3.8, 4) is 0 Å². The van der Waals surface area contributed by atoms with Gasteiger partial charge in [-0.15, -0.1) is 22.7 Å². The van der Waals surface area contributed by atoms with E-state index in [2.05, 4.69) is 10.3 Å². The van der Waals surface area contributed by atoms with Crippen LogP contribution in [0.5, 0.6) is 0 Å². The highest BCUT2D eigenvalue weighted by molar-refractivity contribution is 7.89. The monoisotopic (exact) mass is 532 g/mol. The fraction of sp³-hybridized carbons (Fsp3) is 0.458. The van der Waals surface area contributed by atoms with Crippen LogP contribution in [0.25, 0.3) is 10.1 Å². The largest absolute Gasteiger partial charge is 0.328 e. The number of sulfonamides is 1. The Kier molecular flexibility index (Phi) is 7.19. The van der Waals surface area contributed by atoms with E-state index in [0.717, 1.165) is 30.4 Å². The zero-order valence-electron chi connectivity index (χ0n) is 19.3. The quantitative estimate of drug-likeness (QED) is 0.492. The molecular weight excluding hydrogens is 504 g/mol. The Balaban J connectivity index is 1.34. The number of thiazole rings is 1. The molecular formula is C24H28N4O4S3. The highest BCUT2D eigenvalue weighted by atomic mass is 32.2. The third kappa shape index (κ3) is 5.13. The number of anilines is 1. The zero-order valence-corrected chi connectivity index (χ0v) is 21.7. The van der Waals surface area contributed by atoms with Crippen molar-refractivity contribution in [1.29, 1.82) is 0 Å². The molecule has 1 N–H and O–H groups in total. The number of amides is 2. The van der Waals surface area contributed by atoms with Crippen LogP contribution >= 0.6 is 22.7 Å². The summed E-state index contributed by atoms with van der Waals surface area (Å²) < 4.78 is 29.0. The molecule has 1 aliphatic heterocycles. The summed E-state index contributed by atoms with van der Waals surface area (Å²) in [6, 6.07) is 6.73. The molecule has 1 aromatic carbocycles. The number of piperazine rings is 1. The van der Waals surface area contributed by atoms with Crippen LogP contribution in [0.15, 0.2) is 46.1 Å². The van der Waals surface area contributed by atoms with E-state index in [0.29, 0.717) is 22.9 Å². The number of carbonyl (C=O) groups excluding carboxylic acids is 2. The molecule has 8 nitrogen and oxygen atoms in total. The smallest absolute Gasteiger partial charge is 0.248 e. The normalized spacial score (nSPS) is 19.2. The number of fused-ring (bicyclic) bond motifs is 1. The number of thiophene rings is 1. The van der Waals surface area contributed by atoms with Crippen LogP contribution in [-0.2, 0) is 19.6 Å². The maximum absolute atomic E-state index is 13.4. The predicted octanol–water partition coefficient (Wildman–Crippen LogP) is 4.17. The molecule has 2 aliphatic rings. The number of carbonyl (C=O) groups is 2. The van der Waals surface area contributed by atoms with Gasteiger partial charge in [-0.2, -0.15) is 4.31 Å². The number of rotatable bonds is 7. The van der Waals surface area contributed by atoms with Gasteiger partial charge < -0.3 is 10.2 Å². The molecule has 186 valence electrons. The van der Waals surface area contributed by atoms with Crippen LogP contribution < -0.4 is 5.32 Å². The molecule has 2 fully saturated rings. The Hall–Kier alpha value is -2.34. The lowest BCUT2D eigenvalue weighted by Crippen LogP contribution is -2.58. The minimum atomic E-state index is -3.83. The SMILES string of the molecule is O=C(Nc1nccs1)C(CC1CCCCC1)N1CCN(S(=O)(=O)c2csc3ccccc23)CC1=O. The lowest BCUT2D eigenvalue weighted by molar-refractivity contribution is -0.142. The Bertz CT molecular complexity index is 1300. The number of hydrogen-bond acceptors (Lipinski definition) is 7. The van der Waals surface area contributed by atoms with E-state index in [1.54, 1.807) is 27.9 Å². The summed E-state index contributed by atoms with van der Waals surface area (Å²) in [5, 5.41) is 7.46. The van der Waals surface area contributed by atoms with Crippen LogP contribution in [0.3, 0.4) is 0 Å². The molecule has 2 aromatic heterocycles. The molecule has 35 heavy (non-hydrogen) atoms. The molecule has 1 aliphatic carbocycles. The first-order valence-corrected chi connectivity index (χ1v) is 15.1. The molecule has 1 atom stereocenters. The summed E-state index contributed by atoms with van der Waals surface area (Å²) in [5.41, 5.74) is 0. The van der Waals surface area contributed by atoms with Crippen molar-refractivity contribution in [2.24, 2.45) is 5.92 Å². The molecule has 11 heteroatoms. The number of nitrogens with zero attached hydrogens (tertiary/aromatic N) is 3. The number of aromatic nitrogens is 1. The standard InChI is InChI=1S/C24H28N4O4S3/c29-22-15-27(35(31,32)21-16-34-20-9-5-4-8-18(20)21)11-12-28(22)19(14-17-6-2-1-3-7-17)23(30)26-24-25-10-13-33-24/h4-5,8-10,13,16-17,19H,1-3,6-7,11-12,14-15H2,(H,25,26,30). The third-order valence-electron chi connectivity index (χ3n) is 6.91. The van der Waals surface area contributed by atoms with Gasteiger partial charge in [-0.3, -0.25) is 9.59 Å². The second kappa shape index (κ2) is 10.3. The first-order chi connectivity index (χ1) is 16.9. The number of hydrogen-bond donors (Lipinski definition) is 1. The first-order valence-electron chi connectivity index (χ1n) is 11.9. The fourth-order valence-electron chi connectivity index (χ4n) is 5.08. The van der Waals surface area contributed by atoms with Crippen molar-refractivity contribution in [1.82, 2.24) is 14.2 Å². The van der Waals surface area contributed by atoms with Crippen LogP contribution in [0, 0.1) is 5.92 Å². The van der Waals surface area contributed by atoms with E-state index in [9.17, 15) is 18.0 Å². The summed E-state index contributed by atoms with van der Waals surface area (Å²) in [6.45, 7) is 0.0744. The van der Waals surface area contributed by atoms with Crippen molar-refractivity contribution in [3.63, 3.8) is 0 Å². The van der Waals surface area contributed by atoms with Gasteiger partial charge in [-0.1, -0.05) is 50.3 Å². The minimum Gasteiger partial charge on any atom is -0.328 e. The predicted molar refractivity (Wildman–Crippen MR) is 138 cm³/mol. The summed E-state index contributed by atoms with van der Waals surface area (Å²) in [5.74, 6) is -0.212. The van der Waals surface area contributed by atoms with E-state index in [-0.39, 0.29) is 36.3 Å². The topological polar surface area (TPSA) is 99.7 Å². The summed E-state index contributed by atoms with van der Waals surface area (Å²) >= 11 is 2.71. The lowest BCUT2D eigenvalue weighted by Gasteiger charge is -2.39. The maximum atomic E-state index is 13.4. The number of nitrogens with one attached hydrogen (secondary N) is 1. The Morgan fingerprint density at radius 3 is 2.69 bits per heavy atom. The summed E-state index contributed by atoms with van der Waals surface area (Å²) in [4.78, 5) is 32.5. The van der Waals surface area contributed by atoms with Gasteiger partial charge in [0.2, 0.25) is 21.8 Å². The summed E-state index contributed by atoms with van der Waals surface area (Å²) in [6.07, 6.45) is 7.80. The number of benzene rings is 1. The van der Waals surface area contributed by atoms with E-state index in [1.807, 2.05) is 18.2 Å². The Labute approximate surface area is 213 Å². The minimum absolute atomic E-state index is 0.157. The molecule has 1 saturated heterocycles. The average molecular weight is 533 g/mol. The van der Waals surface area contributed by atoms with E-state index in [4.69, 9.17) is 0 Å². The third-order valence-corrected chi connectivity index (χ3v) is 10.6. The second-order valence-electron chi connectivity index (χ2n) is 9.10. The molecule has 1 saturated carbocycles. The van der Waals surface area contributed by atoms with Crippen LogP contribution in [0.2, 0.25) is 0 Å². The van der Waals surface area contributed by atoms with Crippen LogP contribution in [0.4, 0.5) is 5.13 Å². The molecule has 3 aromatic rings. The fourth-order valence-corrected chi connectivity index (χ4v) is 8.47. The van der Waals surface area contributed by atoms with Crippen molar-refractivity contribution in [2.45, 2.75) is 49.5 Å². The molecule has 5 rings (SSSR count). The second-order valence-corrected chi connectivity index (χ2v) is 12.8. The average Bonchev–Trinajstić information content (AvgIpc) is 3.53. The van der Waals surface area contributed by atoms with Crippen molar-refractivity contribution >= 4 is 59.7 Å². The van der Waals surface area contributed by atoms with Gasteiger partial charge in [-0.25, -0.2) is 13.4 Å². The first kappa shape index (κ1) is 24.4. The van der Waals surface area contributed by atoms with Gasteiger partial charge in [0.1, 0.15) is 10.9 Å². The molecule has 0 radical (unpaired) electrons. The van der Waals surface area contributed by atoms with Crippen molar-refractivity contribution in [3.05, 3.63) is 41.2 Å². The maximum Gasteiger partial charge on any atom is 0.248 e. The van der Waals surface area contributed by atoms with Gasteiger partial charge in [0.25, 0.3) is 0 Å². The van der Waals surface area contributed by atoms with Gasteiger partial charge in [0.05, 0.1) is 6.54 Å². The molecule has 1 unspecified atom stereocenters. The van der Waals surface area contributed by atoms with Crippen LogP contribution in [0.1, 0.15) is 38.5 Å². The van der Waals surface area contributed by atoms with Gasteiger partial charge in [-0.05, 0) is 18.4 Å². The van der Waals surface area contributed by atoms with E-state index >= 15 is 0 Å². The Morgan fingerprint density at radius 1 is 1.14 bits per heavy atom. The van der Waals surface area contributed by atoms with Crippen molar-refractivity contribution in [2.75, 3.05) is 25.0 Å². The van der Waals surface area contributed by atoms with Gasteiger partial charge >= 0.3 is 0 Å².